The Labute approximate surface area is 161 Å². The number of nitrogens with one attached hydrogen (secondary N) is 1. The van der Waals surface area contributed by atoms with E-state index in [0.29, 0.717) is 11.1 Å². The van der Waals surface area contributed by atoms with Crippen molar-refractivity contribution in [3.05, 3.63) is 65.2 Å². The summed E-state index contributed by atoms with van der Waals surface area (Å²) in [6, 6.07) is 14.4. The molecule has 0 bridgehead atoms. The van der Waals surface area contributed by atoms with E-state index in [4.69, 9.17) is 0 Å². The Kier molecular flexibility index (Phi) is 7.12. The lowest BCUT2D eigenvalue weighted by Gasteiger charge is -2.25. The average molecular weight is 391 g/mol. The third-order valence-electron chi connectivity index (χ3n) is 4.44. The van der Waals surface area contributed by atoms with Gasteiger partial charge in [0, 0.05) is 12.6 Å². The maximum atomic E-state index is 12.7. The molecule has 0 aromatic heterocycles. The van der Waals surface area contributed by atoms with Crippen molar-refractivity contribution in [3.63, 3.8) is 0 Å². The van der Waals surface area contributed by atoms with Gasteiger partial charge in [-0.1, -0.05) is 30.3 Å². The lowest BCUT2D eigenvalue weighted by Crippen LogP contribution is -2.41. The standard InChI is InChI=1S/C20H26N2O4S/c1-15-12-17(20(23)26-4)10-11-19(15)27(24,25)21-14-18(22(2)3)13-16-8-6-5-7-9-16/h5-12,18,21H,13-14H2,1-4H3. The summed E-state index contributed by atoms with van der Waals surface area (Å²) >= 11 is 0. The number of benzene rings is 2. The lowest BCUT2D eigenvalue weighted by atomic mass is 10.1. The molecule has 2 rings (SSSR count). The molecule has 0 aliphatic carbocycles. The Hall–Kier alpha value is -2.22. The fourth-order valence-corrected chi connectivity index (χ4v) is 4.10. The van der Waals surface area contributed by atoms with E-state index in [-0.39, 0.29) is 17.5 Å². The van der Waals surface area contributed by atoms with Crippen LogP contribution in [0.1, 0.15) is 21.5 Å². The second-order valence-corrected chi connectivity index (χ2v) is 8.37. The topological polar surface area (TPSA) is 75.7 Å². The Morgan fingerprint density at radius 3 is 2.37 bits per heavy atom. The van der Waals surface area contributed by atoms with Crippen LogP contribution >= 0.6 is 0 Å². The monoisotopic (exact) mass is 390 g/mol. The summed E-state index contributed by atoms with van der Waals surface area (Å²) in [4.78, 5) is 13.8. The van der Waals surface area contributed by atoms with Crippen LogP contribution in [0.2, 0.25) is 0 Å². The number of hydrogen-bond acceptors (Lipinski definition) is 5. The first kappa shape index (κ1) is 21.1. The van der Waals surface area contributed by atoms with Crippen LogP contribution in [0.3, 0.4) is 0 Å². The van der Waals surface area contributed by atoms with Gasteiger partial charge in [-0.15, -0.1) is 0 Å². The number of sulfonamides is 1. The summed E-state index contributed by atoms with van der Waals surface area (Å²) in [6.07, 6.45) is 0.733. The van der Waals surface area contributed by atoms with E-state index in [1.54, 1.807) is 6.92 Å². The van der Waals surface area contributed by atoms with Crippen molar-refractivity contribution in [1.82, 2.24) is 9.62 Å². The van der Waals surface area contributed by atoms with E-state index in [1.807, 2.05) is 49.3 Å². The molecule has 1 unspecified atom stereocenters. The SMILES string of the molecule is COC(=O)c1ccc(S(=O)(=O)NCC(Cc2ccccc2)N(C)C)c(C)c1. The van der Waals surface area contributed by atoms with Crippen LogP contribution < -0.4 is 4.72 Å². The molecule has 146 valence electrons. The lowest BCUT2D eigenvalue weighted by molar-refractivity contribution is 0.0600. The number of hydrogen-bond donors (Lipinski definition) is 1. The molecular weight excluding hydrogens is 364 g/mol. The maximum absolute atomic E-state index is 12.7. The third-order valence-corrected chi connectivity index (χ3v) is 6.02. The highest BCUT2D eigenvalue weighted by atomic mass is 32.2. The summed E-state index contributed by atoms with van der Waals surface area (Å²) in [6.45, 7) is 1.94. The molecule has 0 spiro atoms. The molecule has 2 aromatic rings. The van der Waals surface area contributed by atoms with Gasteiger partial charge in [-0.25, -0.2) is 17.9 Å². The summed E-state index contributed by atoms with van der Waals surface area (Å²) in [5.41, 5.74) is 1.97. The van der Waals surface area contributed by atoms with Crippen molar-refractivity contribution in [2.75, 3.05) is 27.7 Å². The minimum absolute atomic E-state index is 0.0109. The molecule has 0 heterocycles. The van der Waals surface area contributed by atoms with Crippen LogP contribution in [-0.2, 0) is 21.2 Å². The molecule has 0 radical (unpaired) electrons. The van der Waals surface area contributed by atoms with Gasteiger partial charge in [-0.05, 0) is 56.8 Å². The zero-order chi connectivity index (χ0) is 20.0. The van der Waals surface area contributed by atoms with Crippen LogP contribution in [0.15, 0.2) is 53.4 Å². The van der Waals surface area contributed by atoms with Crippen molar-refractivity contribution in [2.24, 2.45) is 0 Å². The highest BCUT2D eigenvalue weighted by Gasteiger charge is 2.21. The third kappa shape index (κ3) is 5.63. The van der Waals surface area contributed by atoms with Crippen LogP contribution in [0, 0.1) is 6.92 Å². The van der Waals surface area contributed by atoms with E-state index in [0.717, 1.165) is 12.0 Å². The Balaban J connectivity index is 2.13. The molecule has 1 atom stereocenters. The van der Waals surface area contributed by atoms with Gasteiger partial charge in [0.2, 0.25) is 10.0 Å². The number of nitrogens with zero attached hydrogens (tertiary/aromatic N) is 1. The number of ether oxygens (including phenoxy) is 1. The summed E-state index contributed by atoms with van der Waals surface area (Å²) in [7, 11) is 1.46. The molecule has 0 saturated carbocycles. The van der Waals surface area contributed by atoms with Crippen LogP contribution in [0.4, 0.5) is 0 Å². The smallest absolute Gasteiger partial charge is 0.337 e. The van der Waals surface area contributed by atoms with Crippen LogP contribution in [0.25, 0.3) is 0 Å². The molecule has 27 heavy (non-hydrogen) atoms. The number of aryl methyl sites for hydroxylation is 1. The van der Waals surface area contributed by atoms with E-state index in [2.05, 4.69) is 9.46 Å². The zero-order valence-corrected chi connectivity index (χ0v) is 16.9. The minimum atomic E-state index is -3.69. The molecule has 0 saturated heterocycles. The van der Waals surface area contributed by atoms with Crippen molar-refractivity contribution in [1.29, 1.82) is 0 Å². The summed E-state index contributed by atoms with van der Waals surface area (Å²) in [5.74, 6) is -0.495. The van der Waals surface area contributed by atoms with Crippen molar-refractivity contribution < 1.29 is 17.9 Å². The van der Waals surface area contributed by atoms with Gasteiger partial charge in [0.05, 0.1) is 17.6 Å². The van der Waals surface area contributed by atoms with Crippen molar-refractivity contribution in [3.8, 4) is 0 Å². The van der Waals surface area contributed by atoms with Crippen LogP contribution in [-0.4, -0.2) is 53.1 Å². The number of carbonyl (C=O) groups excluding carboxylic acids is 1. The number of methoxy groups -OCH3 is 1. The van der Waals surface area contributed by atoms with E-state index in [1.165, 1.54) is 25.3 Å². The Morgan fingerprint density at radius 1 is 1.15 bits per heavy atom. The second-order valence-electron chi connectivity index (χ2n) is 6.63. The van der Waals surface area contributed by atoms with Gasteiger partial charge >= 0.3 is 5.97 Å². The first-order chi connectivity index (χ1) is 12.7. The molecule has 1 N–H and O–H groups in total. The first-order valence-corrected chi connectivity index (χ1v) is 10.1. The largest absolute Gasteiger partial charge is 0.465 e. The number of rotatable bonds is 8. The normalized spacial score (nSPS) is 12.8. The van der Waals surface area contributed by atoms with Gasteiger partial charge in [-0.3, -0.25) is 0 Å². The van der Waals surface area contributed by atoms with E-state index in [9.17, 15) is 13.2 Å². The molecular formula is C20H26N2O4S. The average Bonchev–Trinajstić information content (AvgIpc) is 2.64. The number of carbonyl (C=O) groups is 1. The van der Waals surface area contributed by atoms with Gasteiger partial charge in [-0.2, -0.15) is 0 Å². The molecule has 0 fully saturated rings. The highest BCUT2D eigenvalue weighted by molar-refractivity contribution is 7.89. The predicted molar refractivity (Wildman–Crippen MR) is 105 cm³/mol. The molecule has 0 aliphatic rings. The van der Waals surface area contributed by atoms with Gasteiger partial charge in [0.15, 0.2) is 0 Å². The number of likely N-dealkylation sites (N-methyl/N-ethyl adjacent to an activating group) is 1. The highest BCUT2D eigenvalue weighted by Crippen LogP contribution is 2.17. The fourth-order valence-electron chi connectivity index (χ4n) is 2.80. The van der Waals surface area contributed by atoms with E-state index >= 15 is 0 Å². The van der Waals surface area contributed by atoms with Crippen molar-refractivity contribution >= 4 is 16.0 Å². The predicted octanol–water partition coefficient (Wildman–Crippen LogP) is 2.23. The van der Waals surface area contributed by atoms with Gasteiger partial charge < -0.3 is 9.64 Å². The quantitative estimate of drug-likeness (QED) is 0.700. The zero-order valence-electron chi connectivity index (χ0n) is 16.1. The van der Waals surface area contributed by atoms with Crippen LogP contribution in [0.5, 0.6) is 0 Å². The second kappa shape index (κ2) is 9.12. The Morgan fingerprint density at radius 2 is 1.81 bits per heavy atom. The number of esters is 1. The molecule has 0 amide bonds. The molecule has 7 heteroatoms. The molecule has 2 aromatic carbocycles. The minimum Gasteiger partial charge on any atom is -0.465 e. The summed E-state index contributed by atoms with van der Waals surface area (Å²) in [5, 5.41) is 0. The molecule has 6 nitrogen and oxygen atoms in total. The Bertz CT molecular complexity index is 880. The van der Waals surface area contributed by atoms with Gasteiger partial charge in [0.25, 0.3) is 0 Å². The van der Waals surface area contributed by atoms with E-state index < -0.39 is 16.0 Å². The molecule has 0 aliphatic heterocycles. The fraction of sp³-hybridized carbons (Fsp3) is 0.350. The summed E-state index contributed by atoms with van der Waals surface area (Å²) < 4.78 is 32.8. The first-order valence-electron chi connectivity index (χ1n) is 8.63. The van der Waals surface area contributed by atoms with Crippen molar-refractivity contribution in [2.45, 2.75) is 24.3 Å². The van der Waals surface area contributed by atoms with Gasteiger partial charge in [0.1, 0.15) is 0 Å². The maximum Gasteiger partial charge on any atom is 0.337 e.